The predicted molar refractivity (Wildman–Crippen MR) is 61.4 cm³/mol. The highest BCUT2D eigenvalue weighted by atomic mass is 16.4. The van der Waals surface area contributed by atoms with Gasteiger partial charge in [-0.2, -0.15) is 5.10 Å². The first-order valence-electron chi connectivity index (χ1n) is 5.68. The van der Waals surface area contributed by atoms with Crippen molar-refractivity contribution in [3.8, 4) is 0 Å². The predicted octanol–water partition coefficient (Wildman–Crippen LogP) is 1.92. The van der Waals surface area contributed by atoms with E-state index in [9.17, 15) is 9.90 Å². The molecule has 0 saturated heterocycles. The maximum absolute atomic E-state index is 11.2. The van der Waals surface area contributed by atoms with Gasteiger partial charge in [0.05, 0.1) is 5.69 Å². The van der Waals surface area contributed by atoms with Crippen LogP contribution in [0.1, 0.15) is 46.2 Å². The maximum Gasteiger partial charge on any atom is 0.354 e. The second-order valence-corrected chi connectivity index (χ2v) is 4.59. The van der Waals surface area contributed by atoms with Gasteiger partial charge in [0, 0.05) is 17.2 Å². The number of fused-ring (bicyclic) bond motifs is 1. The third-order valence-corrected chi connectivity index (χ3v) is 3.29. The lowest BCUT2D eigenvalue weighted by Gasteiger charge is -2.03. The fourth-order valence-electron chi connectivity index (χ4n) is 1.99. The molecule has 0 amide bonds. The molecule has 3 rings (SSSR count). The van der Waals surface area contributed by atoms with Crippen LogP contribution < -0.4 is 0 Å². The van der Waals surface area contributed by atoms with Crippen LogP contribution in [-0.4, -0.2) is 25.7 Å². The van der Waals surface area contributed by atoms with Crippen molar-refractivity contribution in [3.05, 3.63) is 28.7 Å². The van der Waals surface area contributed by atoms with Crippen LogP contribution in [0.2, 0.25) is 0 Å². The Morgan fingerprint density at radius 1 is 1.47 bits per heavy atom. The fraction of sp³-hybridized carbons (Fsp3) is 0.417. The van der Waals surface area contributed by atoms with E-state index in [4.69, 9.17) is 0 Å². The number of hydrogen-bond acceptors (Lipinski definition) is 3. The number of nitrogens with zero attached hydrogens (tertiary/aromatic N) is 3. The third kappa shape index (κ3) is 1.50. The van der Waals surface area contributed by atoms with Gasteiger partial charge in [-0.3, -0.25) is 0 Å². The van der Waals surface area contributed by atoms with Crippen LogP contribution in [-0.2, 0) is 0 Å². The van der Waals surface area contributed by atoms with Crippen molar-refractivity contribution in [2.75, 3.05) is 0 Å². The van der Waals surface area contributed by atoms with Gasteiger partial charge in [-0.15, -0.1) is 0 Å². The number of aromatic nitrogens is 3. The van der Waals surface area contributed by atoms with Gasteiger partial charge in [0.25, 0.3) is 0 Å². The molecule has 88 valence electrons. The minimum atomic E-state index is -0.957. The number of aryl methyl sites for hydroxylation is 2. The van der Waals surface area contributed by atoms with E-state index in [1.165, 1.54) is 4.52 Å². The summed E-state index contributed by atoms with van der Waals surface area (Å²) in [4.78, 5) is 15.8. The van der Waals surface area contributed by atoms with Crippen molar-refractivity contribution < 1.29 is 9.90 Å². The summed E-state index contributed by atoms with van der Waals surface area (Å²) in [5, 5.41) is 13.4. The van der Waals surface area contributed by atoms with Crippen molar-refractivity contribution in [1.29, 1.82) is 0 Å². The maximum atomic E-state index is 11.2. The molecule has 0 bridgehead atoms. The van der Waals surface area contributed by atoms with Gasteiger partial charge < -0.3 is 5.11 Å². The zero-order chi connectivity index (χ0) is 12.2. The largest absolute Gasteiger partial charge is 0.477 e. The van der Waals surface area contributed by atoms with Gasteiger partial charge in [-0.1, -0.05) is 0 Å². The molecule has 5 heteroatoms. The first-order valence-corrected chi connectivity index (χ1v) is 5.68. The normalized spacial score (nSPS) is 15.4. The van der Waals surface area contributed by atoms with E-state index in [0.29, 0.717) is 11.6 Å². The summed E-state index contributed by atoms with van der Waals surface area (Å²) in [6.07, 6.45) is 2.21. The van der Waals surface area contributed by atoms with Crippen LogP contribution in [0.25, 0.3) is 5.65 Å². The summed E-state index contributed by atoms with van der Waals surface area (Å²) in [5.74, 6) is -0.519. The lowest BCUT2D eigenvalue weighted by atomic mass is 10.2. The van der Waals surface area contributed by atoms with Gasteiger partial charge in [0.2, 0.25) is 0 Å². The van der Waals surface area contributed by atoms with Crippen molar-refractivity contribution in [2.24, 2.45) is 0 Å². The van der Waals surface area contributed by atoms with E-state index in [2.05, 4.69) is 10.1 Å². The molecule has 2 heterocycles. The fourth-order valence-corrected chi connectivity index (χ4v) is 1.99. The van der Waals surface area contributed by atoms with E-state index in [-0.39, 0.29) is 5.69 Å². The summed E-state index contributed by atoms with van der Waals surface area (Å²) in [6.45, 7) is 3.79. The molecular weight excluding hydrogens is 218 g/mol. The van der Waals surface area contributed by atoms with Crippen LogP contribution in [0.15, 0.2) is 6.07 Å². The van der Waals surface area contributed by atoms with Gasteiger partial charge in [-0.05, 0) is 32.8 Å². The number of carbonyl (C=O) groups is 1. The molecule has 1 aliphatic carbocycles. The molecule has 1 fully saturated rings. The monoisotopic (exact) mass is 231 g/mol. The van der Waals surface area contributed by atoms with Gasteiger partial charge in [0.15, 0.2) is 11.3 Å². The SMILES string of the molecule is Cc1nn2c(C(=O)O)cc(C3CC3)nc2c1C. The minimum Gasteiger partial charge on any atom is -0.477 e. The van der Waals surface area contributed by atoms with Crippen molar-refractivity contribution in [2.45, 2.75) is 32.6 Å². The molecule has 1 N–H and O–H groups in total. The molecule has 0 aromatic carbocycles. The summed E-state index contributed by atoms with van der Waals surface area (Å²) in [5.41, 5.74) is 3.54. The highest BCUT2D eigenvalue weighted by molar-refractivity contribution is 5.86. The number of aromatic carboxylic acids is 1. The standard InChI is InChI=1S/C12H13N3O2/c1-6-7(2)14-15-10(12(16)17)5-9(8-3-4-8)13-11(6)15/h5,8H,3-4H2,1-2H3,(H,16,17). The highest BCUT2D eigenvalue weighted by Gasteiger charge is 2.28. The van der Waals surface area contributed by atoms with Gasteiger partial charge in [-0.25, -0.2) is 14.3 Å². The molecule has 0 spiro atoms. The second-order valence-electron chi connectivity index (χ2n) is 4.59. The minimum absolute atomic E-state index is 0.202. The highest BCUT2D eigenvalue weighted by Crippen LogP contribution is 2.39. The Bertz CT molecular complexity index is 626. The van der Waals surface area contributed by atoms with Gasteiger partial charge in [0.1, 0.15) is 0 Å². The summed E-state index contributed by atoms with van der Waals surface area (Å²) in [6, 6.07) is 1.65. The molecule has 0 unspecified atom stereocenters. The molecule has 1 aliphatic rings. The quantitative estimate of drug-likeness (QED) is 0.857. The Morgan fingerprint density at radius 2 is 2.18 bits per heavy atom. The summed E-state index contributed by atoms with van der Waals surface area (Å²) in [7, 11) is 0. The smallest absolute Gasteiger partial charge is 0.354 e. The van der Waals surface area contributed by atoms with E-state index < -0.39 is 5.97 Å². The zero-order valence-electron chi connectivity index (χ0n) is 9.77. The summed E-state index contributed by atoms with van der Waals surface area (Å²) < 4.78 is 1.43. The Balaban J connectivity index is 2.35. The van der Waals surface area contributed by atoms with Crippen molar-refractivity contribution in [3.63, 3.8) is 0 Å². The molecule has 2 aromatic rings. The Kier molecular flexibility index (Phi) is 1.98. The molecule has 17 heavy (non-hydrogen) atoms. The lowest BCUT2D eigenvalue weighted by molar-refractivity contribution is 0.0687. The summed E-state index contributed by atoms with van der Waals surface area (Å²) >= 11 is 0. The number of hydrogen-bond donors (Lipinski definition) is 1. The Morgan fingerprint density at radius 3 is 2.76 bits per heavy atom. The Hall–Kier alpha value is -1.91. The molecular formula is C12H13N3O2. The Labute approximate surface area is 98.1 Å². The van der Waals surface area contributed by atoms with E-state index in [1.807, 2.05) is 13.8 Å². The number of rotatable bonds is 2. The number of carboxylic acids is 1. The molecule has 1 saturated carbocycles. The van der Waals surface area contributed by atoms with Crippen LogP contribution in [0, 0.1) is 13.8 Å². The average Bonchev–Trinajstić information content (AvgIpc) is 3.08. The molecule has 0 atom stereocenters. The number of carboxylic acid groups (broad SMARTS) is 1. The van der Waals surface area contributed by atoms with E-state index >= 15 is 0 Å². The van der Waals surface area contributed by atoms with E-state index in [0.717, 1.165) is 29.8 Å². The van der Waals surface area contributed by atoms with Crippen LogP contribution >= 0.6 is 0 Å². The topological polar surface area (TPSA) is 67.5 Å². The van der Waals surface area contributed by atoms with Crippen molar-refractivity contribution in [1.82, 2.24) is 14.6 Å². The molecule has 5 nitrogen and oxygen atoms in total. The third-order valence-electron chi connectivity index (χ3n) is 3.29. The molecule has 0 radical (unpaired) electrons. The van der Waals surface area contributed by atoms with Crippen LogP contribution in [0.3, 0.4) is 0 Å². The zero-order valence-corrected chi connectivity index (χ0v) is 9.77. The second kappa shape index (κ2) is 3.29. The molecule has 2 aromatic heterocycles. The van der Waals surface area contributed by atoms with E-state index in [1.54, 1.807) is 6.07 Å². The first kappa shape index (κ1) is 10.3. The van der Waals surface area contributed by atoms with Crippen LogP contribution in [0.4, 0.5) is 0 Å². The first-order chi connectivity index (χ1) is 8.08. The molecule has 0 aliphatic heterocycles. The van der Waals surface area contributed by atoms with Gasteiger partial charge >= 0.3 is 5.97 Å². The van der Waals surface area contributed by atoms with Crippen molar-refractivity contribution >= 4 is 11.6 Å². The lowest BCUT2D eigenvalue weighted by Crippen LogP contribution is -2.09. The van der Waals surface area contributed by atoms with Crippen LogP contribution in [0.5, 0.6) is 0 Å². The average molecular weight is 231 g/mol.